The van der Waals surface area contributed by atoms with Gasteiger partial charge in [-0.3, -0.25) is 0 Å². The molecule has 1 fully saturated rings. The minimum absolute atomic E-state index is 0.417. The lowest BCUT2D eigenvalue weighted by Gasteiger charge is -2.30. The third-order valence-corrected chi connectivity index (χ3v) is 2.80. The van der Waals surface area contributed by atoms with E-state index >= 15 is 0 Å². The number of H-pyrrole nitrogens is 1. The molecule has 1 aromatic rings. The summed E-state index contributed by atoms with van der Waals surface area (Å²) in [5.41, 5.74) is 0. The highest BCUT2D eigenvalue weighted by molar-refractivity contribution is 4.97. The molecule has 1 heterocycles. The Morgan fingerprint density at radius 2 is 2.54 bits per heavy atom. The van der Waals surface area contributed by atoms with E-state index in [1.807, 2.05) is 12.4 Å². The second kappa shape index (κ2) is 3.92. The monoisotopic (exact) mass is 179 g/mol. The predicted octanol–water partition coefficient (Wildman–Crippen LogP) is 2.00. The molecule has 0 spiro atoms. The molecular formula is C10H17N3. The molecule has 2 rings (SSSR count). The summed E-state index contributed by atoms with van der Waals surface area (Å²) >= 11 is 0. The summed E-state index contributed by atoms with van der Waals surface area (Å²) in [6.07, 6.45) is 8.85. The van der Waals surface area contributed by atoms with E-state index in [0.29, 0.717) is 6.04 Å². The Morgan fingerprint density at radius 3 is 3.00 bits per heavy atom. The van der Waals surface area contributed by atoms with Crippen molar-refractivity contribution in [3.8, 4) is 0 Å². The first-order chi connectivity index (χ1) is 6.40. The zero-order valence-electron chi connectivity index (χ0n) is 8.09. The van der Waals surface area contributed by atoms with Crippen LogP contribution in [0.3, 0.4) is 0 Å². The molecule has 1 aliphatic carbocycles. The Morgan fingerprint density at radius 1 is 1.69 bits per heavy atom. The van der Waals surface area contributed by atoms with Crippen LogP contribution >= 0.6 is 0 Å². The molecule has 0 aromatic carbocycles. The average molecular weight is 179 g/mol. The third kappa shape index (κ3) is 1.91. The van der Waals surface area contributed by atoms with E-state index in [1.54, 1.807) is 0 Å². The smallest absolute Gasteiger partial charge is 0.123 e. The van der Waals surface area contributed by atoms with Gasteiger partial charge in [0, 0.05) is 18.4 Å². The van der Waals surface area contributed by atoms with Crippen molar-refractivity contribution in [2.75, 3.05) is 0 Å². The van der Waals surface area contributed by atoms with Crippen LogP contribution in [0.25, 0.3) is 0 Å². The van der Waals surface area contributed by atoms with E-state index in [4.69, 9.17) is 0 Å². The van der Waals surface area contributed by atoms with Gasteiger partial charge in [-0.15, -0.1) is 0 Å². The third-order valence-electron chi connectivity index (χ3n) is 2.80. The van der Waals surface area contributed by atoms with Crippen molar-refractivity contribution in [3.05, 3.63) is 18.2 Å². The molecule has 1 aliphatic rings. The Bertz CT molecular complexity index is 239. The first-order valence-electron chi connectivity index (χ1n) is 5.15. The van der Waals surface area contributed by atoms with Crippen molar-refractivity contribution < 1.29 is 0 Å². The number of aromatic amines is 1. The van der Waals surface area contributed by atoms with Crippen LogP contribution in [0.15, 0.2) is 12.4 Å². The summed E-state index contributed by atoms with van der Waals surface area (Å²) < 4.78 is 0. The fraction of sp³-hybridized carbons (Fsp3) is 0.700. The second-order valence-corrected chi connectivity index (χ2v) is 3.73. The molecule has 0 aliphatic heterocycles. The summed E-state index contributed by atoms with van der Waals surface area (Å²) in [4.78, 5) is 7.45. The number of nitrogens with one attached hydrogen (secondary N) is 2. The molecule has 0 radical (unpaired) electrons. The number of aromatic nitrogens is 2. The van der Waals surface area contributed by atoms with Gasteiger partial charge in [0.1, 0.15) is 5.82 Å². The van der Waals surface area contributed by atoms with E-state index < -0.39 is 0 Å². The molecular weight excluding hydrogens is 162 g/mol. The molecule has 72 valence electrons. The summed E-state index contributed by atoms with van der Waals surface area (Å²) in [6, 6.07) is 1.15. The summed E-state index contributed by atoms with van der Waals surface area (Å²) in [5.74, 6) is 1.08. The minimum atomic E-state index is 0.417. The fourth-order valence-corrected chi connectivity index (χ4v) is 1.72. The molecule has 2 N–H and O–H groups in total. The maximum absolute atomic E-state index is 4.28. The minimum Gasteiger partial charge on any atom is -0.347 e. The van der Waals surface area contributed by atoms with Crippen molar-refractivity contribution in [3.63, 3.8) is 0 Å². The van der Waals surface area contributed by atoms with E-state index in [9.17, 15) is 0 Å². The molecule has 1 saturated carbocycles. The van der Waals surface area contributed by atoms with Crippen LogP contribution in [-0.2, 0) is 0 Å². The van der Waals surface area contributed by atoms with Gasteiger partial charge in [0.2, 0.25) is 0 Å². The van der Waals surface area contributed by atoms with E-state index in [1.165, 1.54) is 19.3 Å². The molecule has 3 nitrogen and oxygen atoms in total. The standard InChI is InChI=1S/C10H17N3/c1-2-9(10-11-6-7-12-10)13-8-4-3-5-8/h6-9,13H,2-5H2,1H3,(H,11,12). The van der Waals surface area contributed by atoms with Gasteiger partial charge in [-0.2, -0.15) is 0 Å². The van der Waals surface area contributed by atoms with Crippen LogP contribution in [0.2, 0.25) is 0 Å². The predicted molar refractivity (Wildman–Crippen MR) is 52.4 cm³/mol. The molecule has 0 bridgehead atoms. The highest BCUT2D eigenvalue weighted by Gasteiger charge is 2.21. The molecule has 13 heavy (non-hydrogen) atoms. The van der Waals surface area contributed by atoms with Gasteiger partial charge in [-0.1, -0.05) is 13.3 Å². The van der Waals surface area contributed by atoms with Gasteiger partial charge in [0.15, 0.2) is 0 Å². The number of rotatable bonds is 4. The van der Waals surface area contributed by atoms with Gasteiger partial charge in [-0.25, -0.2) is 4.98 Å². The number of imidazole rings is 1. The van der Waals surface area contributed by atoms with E-state index in [2.05, 4.69) is 22.2 Å². The molecule has 3 heteroatoms. The van der Waals surface area contributed by atoms with Gasteiger partial charge >= 0.3 is 0 Å². The highest BCUT2D eigenvalue weighted by atomic mass is 15.0. The van der Waals surface area contributed by atoms with Gasteiger partial charge in [-0.05, 0) is 19.3 Å². The molecule has 1 aromatic heterocycles. The Kier molecular flexibility index (Phi) is 2.64. The lowest BCUT2D eigenvalue weighted by Crippen LogP contribution is -2.38. The molecule has 0 amide bonds. The van der Waals surface area contributed by atoms with Crippen LogP contribution in [0, 0.1) is 0 Å². The first kappa shape index (κ1) is 8.75. The lowest BCUT2D eigenvalue weighted by molar-refractivity contribution is 0.297. The van der Waals surface area contributed by atoms with Crippen LogP contribution in [0.4, 0.5) is 0 Å². The Labute approximate surface area is 79.0 Å². The maximum atomic E-state index is 4.28. The zero-order chi connectivity index (χ0) is 9.10. The average Bonchev–Trinajstić information content (AvgIpc) is 2.55. The van der Waals surface area contributed by atoms with Crippen molar-refractivity contribution in [1.82, 2.24) is 15.3 Å². The van der Waals surface area contributed by atoms with Gasteiger partial charge in [0.05, 0.1) is 6.04 Å². The SMILES string of the molecule is CCC(NC1CCC1)c1ncc[nH]1. The van der Waals surface area contributed by atoms with Crippen molar-refractivity contribution >= 4 is 0 Å². The highest BCUT2D eigenvalue weighted by Crippen LogP contribution is 2.22. The quantitative estimate of drug-likeness (QED) is 0.742. The largest absolute Gasteiger partial charge is 0.347 e. The fourth-order valence-electron chi connectivity index (χ4n) is 1.72. The van der Waals surface area contributed by atoms with Gasteiger partial charge in [0.25, 0.3) is 0 Å². The number of hydrogen-bond acceptors (Lipinski definition) is 2. The second-order valence-electron chi connectivity index (χ2n) is 3.73. The zero-order valence-corrected chi connectivity index (χ0v) is 8.09. The van der Waals surface area contributed by atoms with Crippen LogP contribution < -0.4 is 5.32 Å². The number of nitrogens with zero attached hydrogens (tertiary/aromatic N) is 1. The molecule has 1 unspecified atom stereocenters. The van der Waals surface area contributed by atoms with Crippen LogP contribution in [-0.4, -0.2) is 16.0 Å². The van der Waals surface area contributed by atoms with Crippen LogP contribution in [0.1, 0.15) is 44.5 Å². The molecule has 0 saturated heterocycles. The van der Waals surface area contributed by atoms with E-state index in [0.717, 1.165) is 18.3 Å². The summed E-state index contributed by atoms with van der Waals surface area (Å²) in [5, 5.41) is 3.61. The molecule has 1 atom stereocenters. The lowest BCUT2D eigenvalue weighted by atomic mass is 9.92. The summed E-state index contributed by atoms with van der Waals surface area (Å²) in [6.45, 7) is 2.19. The van der Waals surface area contributed by atoms with Gasteiger partial charge < -0.3 is 10.3 Å². The Balaban J connectivity index is 1.92. The first-order valence-corrected chi connectivity index (χ1v) is 5.15. The topological polar surface area (TPSA) is 40.7 Å². The normalized spacial score (nSPS) is 19.8. The Hall–Kier alpha value is -0.830. The number of hydrogen-bond donors (Lipinski definition) is 2. The van der Waals surface area contributed by atoms with Crippen LogP contribution in [0.5, 0.6) is 0 Å². The maximum Gasteiger partial charge on any atom is 0.123 e. The summed E-state index contributed by atoms with van der Waals surface area (Å²) in [7, 11) is 0. The van der Waals surface area contributed by atoms with Crippen molar-refractivity contribution in [2.24, 2.45) is 0 Å². The van der Waals surface area contributed by atoms with E-state index in [-0.39, 0.29) is 0 Å². The van der Waals surface area contributed by atoms with Crippen molar-refractivity contribution in [1.29, 1.82) is 0 Å². The van der Waals surface area contributed by atoms with Crippen molar-refractivity contribution in [2.45, 2.75) is 44.7 Å².